The van der Waals surface area contributed by atoms with Gasteiger partial charge in [0.15, 0.2) is 5.78 Å². The number of Topliss-reactive ketones (excluding diaryl/α,β-unsaturated/α-hetero) is 1. The van der Waals surface area contributed by atoms with E-state index in [9.17, 15) is 4.79 Å². The summed E-state index contributed by atoms with van der Waals surface area (Å²) in [4.78, 5) is 12.4. The number of ether oxygens (including phenoxy) is 1. The molecule has 0 aromatic carbocycles. The highest BCUT2D eigenvalue weighted by molar-refractivity contribution is 7.12. The first-order chi connectivity index (χ1) is 7.36. The number of rotatable bonds is 4. The smallest absolute Gasteiger partial charge is 0.198 e. The molecule has 0 amide bonds. The Balaban J connectivity index is 1.75. The molecule has 1 aliphatic rings. The average molecular weight is 225 g/mol. The number of nitrogens with one attached hydrogen (secondary N) is 1. The molecule has 0 saturated carbocycles. The zero-order valence-corrected chi connectivity index (χ0v) is 9.39. The summed E-state index contributed by atoms with van der Waals surface area (Å²) in [7, 11) is 0. The van der Waals surface area contributed by atoms with Gasteiger partial charge in [0.05, 0.1) is 11.0 Å². The molecule has 0 spiro atoms. The number of piperidine rings is 1. The summed E-state index contributed by atoms with van der Waals surface area (Å²) in [6, 6.07) is 3.73. The highest BCUT2D eigenvalue weighted by Gasteiger charge is 2.15. The summed E-state index contributed by atoms with van der Waals surface area (Å²) in [5.74, 6) is 0.0931. The number of carbonyl (C=O) groups is 1. The lowest BCUT2D eigenvalue weighted by Gasteiger charge is -2.22. The molecule has 3 nitrogen and oxygen atoms in total. The monoisotopic (exact) mass is 225 g/mol. The van der Waals surface area contributed by atoms with E-state index in [2.05, 4.69) is 5.32 Å². The van der Waals surface area contributed by atoms with Gasteiger partial charge in [-0.1, -0.05) is 6.07 Å². The minimum absolute atomic E-state index is 0.0931. The molecule has 1 aromatic rings. The highest BCUT2D eigenvalue weighted by atomic mass is 32.1. The lowest BCUT2D eigenvalue weighted by molar-refractivity contribution is 0.0350. The van der Waals surface area contributed by atoms with Gasteiger partial charge in [0, 0.05) is 6.54 Å². The van der Waals surface area contributed by atoms with E-state index in [1.54, 1.807) is 0 Å². The maximum atomic E-state index is 11.6. The second kappa shape index (κ2) is 5.39. The van der Waals surface area contributed by atoms with Gasteiger partial charge in [-0.2, -0.15) is 0 Å². The summed E-state index contributed by atoms with van der Waals surface area (Å²) >= 11 is 1.47. The SMILES string of the molecule is O=C(COC1CCCNC1)c1cccs1. The van der Waals surface area contributed by atoms with Gasteiger partial charge in [-0.3, -0.25) is 4.79 Å². The van der Waals surface area contributed by atoms with E-state index in [4.69, 9.17) is 4.74 Å². The summed E-state index contributed by atoms with van der Waals surface area (Å²) in [6.45, 7) is 2.16. The molecule has 0 bridgehead atoms. The first-order valence-corrected chi connectivity index (χ1v) is 6.13. The zero-order chi connectivity index (χ0) is 10.5. The van der Waals surface area contributed by atoms with Gasteiger partial charge < -0.3 is 10.1 Å². The fourth-order valence-corrected chi connectivity index (χ4v) is 2.32. The molecule has 1 aromatic heterocycles. The lowest BCUT2D eigenvalue weighted by atomic mass is 10.1. The topological polar surface area (TPSA) is 38.3 Å². The predicted molar refractivity (Wildman–Crippen MR) is 60.5 cm³/mol. The van der Waals surface area contributed by atoms with Crippen LogP contribution in [-0.4, -0.2) is 31.6 Å². The van der Waals surface area contributed by atoms with Gasteiger partial charge >= 0.3 is 0 Å². The Morgan fingerprint density at radius 2 is 2.60 bits per heavy atom. The van der Waals surface area contributed by atoms with Crippen LogP contribution in [0.5, 0.6) is 0 Å². The Morgan fingerprint density at radius 1 is 1.67 bits per heavy atom. The number of ketones is 1. The molecule has 1 aliphatic heterocycles. The molecule has 82 valence electrons. The molecule has 2 rings (SSSR count). The first kappa shape index (κ1) is 10.8. The van der Waals surface area contributed by atoms with E-state index in [0.717, 1.165) is 30.8 Å². The summed E-state index contributed by atoms with van der Waals surface area (Å²) in [6.07, 6.45) is 2.41. The number of hydrogen-bond donors (Lipinski definition) is 1. The van der Waals surface area contributed by atoms with E-state index < -0.39 is 0 Å². The van der Waals surface area contributed by atoms with Gasteiger partial charge in [0.2, 0.25) is 0 Å². The zero-order valence-electron chi connectivity index (χ0n) is 8.57. The number of thiophene rings is 1. The highest BCUT2D eigenvalue weighted by Crippen LogP contribution is 2.11. The molecule has 2 heterocycles. The maximum absolute atomic E-state index is 11.6. The largest absolute Gasteiger partial charge is 0.369 e. The molecule has 4 heteroatoms. The molecule has 0 aliphatic carbocycles. The maximum Gasteiger partial charge on any atom is 0.198 e. The molecular weight excluding hydrogens is 210 g/mol. The Morgan fingerprint density at radius 3 is 3.27 bits per heavy atom. The third-order valence-electron chi connectivity index (χ3n) is 2.50. The average Bonchev–Trinajstić information content (AvgIpc) is 2.81. The van der Waals surface area contributed by atoms with E-state index in [1.165, 1.54) is 11.3 Å². The summed E-state index contributed by atoms with van der Waals surface area (Å²) < 4.78 is 5.56. The molecule has 1 fully saturated rings. The molecule has 0 radical (unpaired) electrons. The standard InChI is InChI=1S/C11H15NO2S/c13-10(11-4-2-6-15-11)8-14-9-3-1-5-12-7-9/h2,4,6,9,12H,1,3,5,7-8H2. The van der Waals surface area contributed by atoms with Crippen LogP contribution < -0.4 is 5.32 Å². The van der Waals surface area contributed by atoms with Crippen molar-refractivity contribution in [2.45, 2.75) is 18.9 Å². The van der Waals surface area contributed by atoms with Gasteiger partial charge in [-0.25, -0.2) is 0 Å². The Labute approximate surface area is 93.4 Å². The van der Waals surface area contributed by atoms with E-state index in [0.29, 0.717) is 0 Å². The second-order valence-electron chi connectivity index (χ2n) is 3.68. The predicted octanol–water partition coefficient (Wildman–Crippen LogP) is 1.70. The van der Waals surface area contributed by atoms with Gasteiger partial charge in [0.25, 0.3) is 0 Å². The lowest BCUT2D eigenvalue weighted by Crippen LogP contribution is -2.36. The van der Waals surface area contributed by atoms with Crippen LogP contribution in [0.3, 0.4) is 0 Å². The number of hydrogen-bond acceptors (Lipinski definition) is 4. The summed E-state index contributed by atoms with van der Waals surface area (Å²) in [5.41, 5.74) is 0. The fraction of sp³-hybridized carbons (Fsp3) is 0.545. The van der Waals surface area contributed by atoms with Crippen LogP contribution in [0.2, 0.25) is 0 Å². The Kier molecular flexibility index (Phi) is 3.88. The third kappa shape index (κ3) is 3.12. The van der Waals surface area contributed by atoms with Crippen molar-refractivity contribution in [1.82, 2.24) is 5.32 Å². The molecule has 1 unspecified atom stereocenters. The van der Waals surface area contributed by atoms with Crippen molar-refractivity contribution in [2.24, 2.45) is 0 Å². The number of carbonyl (C=O) groups excluding carboxylic acids is 1. The van der Waals surface area contributed by atoms with Crippen LogP contribution in [0.4, 0.5) is 0 Å². The molecular formula is C11H15NO2S. The fourth-order valence-electron chi connectivity index (χ4n) is 1.66. The van der Waals surface area contributed by atoms with Crippen molar-refractivity contribution in [2.75, 3.05) is 19.7 Å². The van der Waals surface area contributed by atoms with Crippen molar-refractivity contribution in [3.8, 4) is 0 Å². The molecule has 1 saturated heterocycles. The molecule has 1 atom stereocenters. The van der Waals surface area contributed by atoms with Gasteiger partial charge in [-0.15, -0.1) is 11.3 Å². The van der Waals surface area contributed by atoms with E-state index >= 15 is 0 Å². The van der Waals surface area contributed by atoms with E-state index in [-0.39, 0.29) is 18.5 Å². The molecule has 15 heavy (non-hydrogen) atoms. The van der Waals surface area contributed by atoms with Crippen LogP contribution >= 0.6 is 11.3 Å². The summed E-state index contributed by atoms with van der Waals surface area (Å²) in [5, 5.41) is 5.17. The van der Waals surface area contributed by atoms with Gasteiger partial charge in [0.1, 0.15) is 6.61 Å². The Hall–Kier alpha value is -0.710. The van der Waals surface area contributed by atoms with E-state index in [1.807, 2.05) is 17.5 Å². The normalized spacial score (nSPS) is 21.5. The van der Waals surface area contributed by atoms with Gasteiger partial charge in [-0.05, 0) is 30.8 Å². The van der Waals surface area contributed by atoms with Crippen LogP contribution in [-0.2, 0) is 4.74 Å². The van der Waals surface area contributed by atoms with Crippen molar-refractivity contribution >= 4 is 17.1 Å². The van der Waals surface area contributed by atoms with Crippen molar-refractivity contribution < 1.29 is 9.53 Å². The molecule has 1 N–H and O–H groups in total. The van der Waals surface area contributed by atoms with Crippen molar-refractivity contribution in [3.63, 3.8) is 0 Å². The van der Waals surface area contributed by atoms with Crippen LogP contribution in [0.1, 0.15) is 22.5 Å². The quantitative estimate of drug-likeness (QED) is 0.793. The minimum atomic E-state index is 0.0931. The van der Waals surface area contributed by atoms with Crippen LogP contribution in [0, 0.1) is 0 Å². The first-order valence-electron chi connectivity index (χ1n) is 5.25. The van der Waals surface area contributed by atoms with Crippen LogP contribution in [0.15, 0.2) is 17.5 Å². The second-order valence-corrected chi connectivity index (χ2v) is 4.63. The minimum Gasteiger partial charge on any atom is -0.369 e. The van der Waals surface area contributed by atoms with Crippen molar-refractivity contribution in [1.29, 1.82) is 0 Å². The third-order valence-corrected chi connectivity index (χ3v) is 3.41. The Bertz CT molecular complexity index is 304. The van der Waals surface area contributed by atoms with Crippen molar-refractivity contribution in [3.05, 3.63) is 22.4 Å². The van der Waals surface area contributed by atoms with Crippen LogP contribution in [0.25, 0.3) is 0 Å².